The van der Waals surface area contributed by atoms with Gasteiger partial charge in [0.1, 0.15) is 0 Å². The zero-order chi connectivity index (χ0) is 12.3. The van der Waals surface area contributed by atoms with E-state index in [1.165, 1.54) is 51.6 Å². The molecule has 0 heterocycles. The van der Waals surface area contributed by atoms with Crippen LogP contribution in [-0.2, 0) is 0 Å². The van der Waals surface area contributed by atoms with E-state index in [9.17, 15) is 0 Å². The molecule has 2 rings (SSSR count). The Kier molecular flexibility index (Phi) is 4.48. The van der Waals surface area contributed by atoms with Crippen molar-refractivity contribution < 1.29 is 0 Å². The first kappa shape index (κ1) is 13.4. The van der Waals surface area contributed by atoms with Gasteiger partial charge in [0, 0.05) is 11.6 Å². The molecule has 2 heteroatoms. The van der Waals surface area contributed by atoms with Gasteiger partial charge in [0.15, 0.2) is 0 Å². The summed E-state index contributed by atoms with van der Waals surface area (Å²) >= 11 is 0. The number of hydrogen-bond acceptors (Lipinski definition) is 2. The van der Waals surface area contributed by atoms with E-state index in [1.807, 2.05) is 0 Å². The highest BCUT2D eigenvalue weighted by atomic mass is 15.2. The summed E-state index contributed by atoms with van der Waals surface area (Å²) in [5, 5.41) is 3.83. The molecule has 0 aromatic heterocycles. The van der Waals surface area contributed by atoms with E-state index < -0.39 is 0 Å². The smallest absolute Gasteiger partial charge is 0.0364 e. The van der Waals surface area contributed by atoms with Gasteiger partial charge in [0.25, 0.3) is 0 Å². The molecule has 2 fully saturated rings. The van der Waals surface area contributed by atoms with Crippen LogP contribution in [-0.4, -0.2) is 36.1 Å². The van der Waals surface area contributed by atoms with E-state index in [2.05, 4.69) is 31.0 Å². The Hall–Kier alpha value is -0.0800. The fourth-order valence-electron chi connectivity index (χ4n) is 4.11. The Labute approximate surface area is 107 Å². The first-order valence-corrected chi connectivity index (χ1v) is 7.77. The van der Waals surface area contributed by atoms with Crippen molar-refractivity contribution in [3.05, 3.63) is 0 Å². The molecule has 0 aromatic rings. The average Bonchev–Trinajstić information content (AvgIpc) is 3.06. The van der Waals surface area contributed by atoms with Gasteiger partial charge in [0.2, 0.25) is 0 Å². The molecule has 2 nitrogen and oxygen atoms in total. The molecule has 1 unspecified atom stereocenters. The zero-order valence-corrected chi connectivity index (χ0v) is 12.0. The van der Waals surface area contributed by atoms with Crippen molar-refractivity contribution in [1.82, 2.24) is 10.2 Å². The summed E-state index contributed by atoms with van der Waals surface area (Å²) < 4.78 is 0. The third kappa shape index (κ3) is 2.53. The standard InChI is InChI=1S/C15H30N2/c1-4-16-14(13-9-10-13)15(11-7-8-12-15)17(5-2)6-3/h13-14,16H,4-12H2,1-3H3. The third-order valence-electron chi connectivity index (χ3n) is 4.96. The average molecular weight is 238 g/mol. The van der Waals surface area contributed by atoms with Gasteiger partial charge >= 0.3 is 0 Å². The quantitative estimate of drug-likeness (QED) is 0.733. The molecule has 0 aromatic carbocycles. The van der Waals surface area contributed by atoms with E-state index in [1.54, 1.807) is 0 Å². The predicted molar refractivity (Wildman–Crippen MR) is 74.3 cm³/mol. The van der Waals surface area contributed by atoms with Crippen LogP contribution in [0, 0.1) is 5.92 Å². The Morgan fingerprint density at radius 3 is 2.12 bits per heavy atom. The van der Waals surface area contributed by atoms with E-state index in [4.69, 9.17) is 0 Å². The van der Waals surface area contributed by atoms with Crippen molar-refractivity contribution in [1.29, 1.82) is 0 Å². The van der Waals surface area contributed by atoms with Crippen molar-refractivity contribution in [2.75, 3.05) is 19.6 Å². The zero-order valence-electron chi connectivity index (χ0n) is 12.0. The van der Waals surface area contributed by atoms with Gasteiger partial charge in [-0.2, -0.15) is 0 Å². The van der Waals surface area contributed by atoms with Gasteiger partial charge in [-0.25, -0.2) is 0 Å². The number of rotatable bonds is 7. The van der Waals surface area contributed by atoms with Gasteiger partial charge in [-0.1, -0.05) is 33.6 Å². The van der Waals surface area contributed by atoms with Crippen LogP contribution in [0.25, 0.3) is 0 Å². The molecule has 2 saturated carbocycles. The van der Waals surface area contributed by atoms with Gasteiger partial charge in [-0.15, -0.1) is 0 Å². The van der Waals surface area contributed by atoms with Crippen molar-refractivity contribution >= 4 is 0 Å². The summed E-state index contributed by atoms with van der Waals surface area (Å²) in [6.45, 7) is 10.5. The molecule has 0 radical (unpaired) electrons. The Balaban J connectivity index is 2.17. The van der Waals surface area contributed by atoms with Crippen molar-refractivity contribution in [2.24, 2.45) is 5.92 Å². The molecule has 2 aliphatic rings. The second-order valence-corrected chi connectivity index (χ2v) is 5.86. The first-order valence-electron chi connectivity index (χ1n) is 7.77. The van der Waals surface area contributed by atoms with Crippen LogP contribution in [0.1, 0.15) is 59.3 Å². The van der Waals surface area contributed by atoms with Crippen LogP contribution in [0.4, 0.5) is 0 Å². The fraction of sp³-hybridized carbons (Fsp3) is 1.00. The van der Waals surface area contributed by atoms with Crippen LogP contribution in [0.2, 0.25) is 0 Å². The molecule has 17 heavy (non-hydrogen) atoms. The molecule has 1 atom stereocenters. The summed E-state index contributed by atoms with van der Waals surface area (Å²) in [4.78, 5) is 2.76. The molecule has 1 N–H and O–H groups in total. The van der Waals surface area contributed by atoms with E-state index >= 15 is 0 Å². The van der Waals surface area contributed by atoms with Gasteiger partial charge in [-0.3, -0.25) is 4.90 Å². The predicted octanol–water partition coefficient (Wildman–Crippen LogP) is 3.03. The Bertz CT molecular complexity index is 225. The minimum atomic E-state index is 0.487. The summed E-state index contributed by atoms with van der Waals surface area (Å²) in [6, 6.07) is 0.759. The topological polar surface area (TPSA) is 15.3 Å². The Morgan fingerprint density at radius 2 is 1.71 bits per heavy atom. The summed E-state index contributed by atoms with van der Waals surface area (Å²) in [7, 11) is 0. The molecule has 0 saturated heterocycles. The van der Waals surface area contributed by atoms with Crippen LogP contribution < -0.4 is 5.32 Å². The van der Waals surface area contributed by atoms with Crippen molar-refractivity contribution in [2.45, 2.75) is 70.9 Å². The monoisotopic (exact) mass is 238 g/mol. The van der Waals surface area contributed by atoms with Gasteiger partial charge in [0.05, 0.1) is 0 Å². The second kappa shape index (κ2) is 5.71. The summed E-state index contributed by atoms with van der Waals surface area (Å²) in [5.74, 6) is 0.966. The highest BCUT2D eigenvalue weighted by Gasteiger charge is 2.50. The van der Waals surface area contributed by atoms with Crippen LogP contribution >= 0.6 is 0 Å². The Morgan fingerprint density at radius 1 is 1.12 bits per heavy atom. The minimum Gasteiger partial charge on any atom is -0.312 e. The maximum Gasteiger partial charge on any atom is 0.0364 e. The lowest BCUT2D eigenvalue weighted by Gasteiger charge is -2.47. The van der Waals surface area contributed by atoms with Crippen LogP contribution in [0.3, 0.4) is 0 Å². The number of nitrogens with one attached hydrogen (secondary N) is 1. The molecule has 100 valence electrons. The highest BCUT2D eigenvalue weighted by molar-refractivity contribution is 5.08. The normalized spacial score (nSPS) is 25.4. The third-order valence-corrected chi connectivity index (χ3v) is 4.96. The second-order valence-electron chi connectivity index (χ2n) is 5.86. The molecular formula is C15H30N2. The van der Waals surface area contributed by atoms with E-state index in [0.717, 1.165) is 18.5 Å². The maximum atomic E-state index is 3.83. The van der Waals surface area contributed by atoms with Crippen LogP contribution in [0.15, 0.2) is 0 Å². The lowest BCUT2D eigenvalue weighted by molar-refractivity contribution is 0.0552. The molecule has 0 amide bonds. The number of hydrogen-bond donors (Lipinski definition) is 1. The fourth-order valence-corrected chi connectivity index (χ4v) is 4.11. The van der Waals surface area contributed by atoms with Gasteiger partial charge < -0.3 is 5.32 Å². The van der Waals surface area contributed by atoms with E-state index in [-0.39, 0.29) is 0 Å². The van der Waals surface area contributed by atoms with E-state index in [0.29, 0.717) is 5.54 Å². The highest BCUT2D eigenvalue weighted by Crippen LogP contribution is 2.46. The molecule has 0 bridgehead atoms. The minimum absolute atomic E-state index is 0.487. The number of likely N-dealkylation sites (N-methyl/N-ethyl adjacent to an activating group) is 2. The lowest BCUT2D eigenvalue weighted by atomic mass is 9.83. The van der Waals surface area contributed by atoms with Crippen molar-refractivity contribution in [3.63, 3.8) is 0 Å². The first-order chi connectivity index (χ1) is 8.28. The van der Waals surface area contributed by atoms with Crippen molar-refractivity contribution in [3.8, 4) is 0 Å². The largest absolute Gasteiger partial charge is 0.312 e. The van der Waals surface area contributed by atoms with Crippen LogP contribution in [0.5, 0.6) is 0 Å². The molecule has 0 spiro atoms. The molecular weight excluding hydrogens is 208 g/mol. The van der Waals surface area contributed by atoms with Gasteiger partial charge in [-0.05, 0) is 51.2 Å². The maximum absolute atomic E-state index is 3.83. The number of nitrogens with zero attached hydrogens (tertiary/aromatic N) is 1. The molecule has 0 aliphatic heterocycles. The SMILES string of the molecule is CCNC(C1CC1)C1(N(CC)CC)CCCC1. The molecule has 2 aliphatic carbocycles. The summed E-state index contributed by atoms with van der Waals surface area (Å²) in [6.07, 6.45) is 8.63. The lowest BCUT2D eigenvalue weighted by Crippen LogP contribution is -2.60. The summed E-state index contributed by atoms with van der Waals surface area (Å²) in [5.41, 5.74) is 0.487.